The van der Waals surface area contributed by atoms with E-state index < -0.39 is 10.0 Å². The zero-order valence-corrected chi connectivity index (χ0v) is 11.9. The summed E-state index contributed by atoms with van der Waals surface area (Å²) in [4.78, 5) is 0.167. The molecule has 5 nitrogen and oxygen atoms in total. The molecular weight excluding hydrogens is 254 g/mol. The highest BCUT2D eigenvalue weighted by Crippen LogP contribution is 2.29. The molecule has 0 spiro atoms. The van der Waals surface area contributed by atoms with Crippen molar-refractivity contribution in [1.82, 2.24) is 4.72 Å². The Morgan fingerprint density at radius 2 is 1.83 bits per heavy atom. The van der Waals surface area contributed by atoms with Gasteiger partial charge in [-0.2, -0.15) is 0 Å². The second-order valence-electron chi connectivity index (χ2n) is 3.95. The zero-order valence-electron chi connectivity index (χ0n) is 11.1. The van der Waals surface area contributed by atoms with Crippen LogP contribution in [-0.2, 0) is 10.0 Å². The summed E-state index contributed by atoms with van der Waals surface area (Å²) in [7, 11) is -0.543. The molecule has 1 N–H and O–H groups in total. The largest absolute Gasteiger partial charge is 0.493 e. The Labute approximate surface area is 108 Å². The number of sulfonamides is 1. The Kier molecular flexibility index (Phi) is 4.98. The molecule has 0 heterocycles. The van der Waals surface area contributed by atoms with Gasteiger partial charge in [0.2, 0.25) is 10.0 Å². The molecule has 0 radical (unpaired) electrons. The predicted octanol–water partition coefficient (Wildman–Crippen LogP) is 1.78. The highest BCUT2D eigenvalue weighted by Gasteiger charge is 2.18. The third-order valence-electron chi connectivity index (χ3n) is 2.63. The number of methoxy groups -OCH3 is 2. The van der Waals surface area contributed by atoms with E-state index in [-0.39, 0.29) is 10.9 Å². The Bertz CT molecular complexity index is 499. The number of ether oxygens (including phenoxy) is 2. The van der Waals surface area contributed by atoms with E-state index in [4.69, 9.17) is 9.47 Å². The lowest BCUT2D eigenvalue weighted by Gasteiger charge is -2.14. The van der Waals surface area contributed by atoms with Gasteiger partial charge in [-0.1, -0.05) is 6.92 Å². The normalized spacial score (nSPS) is 13.1. The van der Waals surface area contributed by atoms with Crippen molar-refractivity contribution < 1.29 is 17.9 Å². The molecule has 102 valence electrons. The van der Waals surface area contributed by atoms with Crippen molar-refractivity contribution in [3.05, 3.63) is 18.2 Å². The van der Waals surface area contributed by atoms with E-state index in [0.717, 1.165) is 6.42 Å². The Morgan fingerprint density at radius 3 is 2.33 bits per heavy atom. The molecule has 0 fully saturated rings. The lowest BCUT2D eigenvalue weighted by molar-refractivity contribution is 0.354. The van der Waals surface area contributed by atoms with Crippen molar-refractivity contribution >= 4 is 10.0 Å². The first-order valence-corrected chi connectivity index (χ1v) is 7.17. The van der Waals surface area contributed by atoms with Crippen molar-refractivity contribution in [3.63, 3.8) is 0 Å². The standard InChI is InChI=1S/C12H19NO4S/c1-5-9(2)13-18(14,15)10-6-7-11(16-3)12(8-10)17-4/h6-9,13H,5H2,1-4H3. The summed E-state index contributed by atoms with van der Waals surface area (Å²) in [5.74, 6) is 0.893. The third kappa shape index (κ3) is 3.36. The van der Waals surface area contributed by atoms with Crippen LogP contribution in [0.2, 0.25) is 0 Å². The molecule has 0 saturated carbocycles. The zero-order chi connectivity index (χ0) is 13.8. The summed E-state index contributed by atoms with van der Waals surface area (Å²) in [6.07, 6.45) is 0.729. The highest BCUT2D eigenvalue weighted by molar-refractivity contribution is 7.89. The van der Waals surface area contributed by atoms with Crippen LogP contribution in [-0.4, -0.2) is 28.7 Å². The fourth-order valence-corrected chi connectivity index (χ4v) is 2.74. The molecular formula is C12H19NO4S. The van der Waals surface area contributed by atoms with Gasteiger partial charge in [0.15, 0.2) is 11.5 Å². The second-order valence-corrected chi connectivity index (χ2v) is 5.66. The second kappa shape index (κ2) is 6.06. The van der Waals surface area contributed by atoms with E-state index in [1.54, 1.807) is 6.07 Å². The van der Waals surface area contributed by atoms with Gasteiger partial charge >= 0.3 is 0 Å². The van der Waals surface area contributed by atoms with Crippen LogP contribution in [0.3, 0.4) is 0 Å². The summed E-state index contributed by atoms with van der Waals surface area (Å²) < 4.78 is 36.9. The number of nitrogens with one attached hydrogen (secondary N) is 1. The average molecular weight is 273 g/mol. The maximum Gasteiger partial charge on any atom is 0.240 e. The van der Waals surface area contributed by atoms with Gasteiger partial charge in [0.25, 0.3) is 0 Å². The Hall–Kier alpha value is -1.27. The number of benzene rings is 1. The van der Waals surface area contributed by atoms with E-state index in [1.165, 1.54) is 26.4 Å². The molecule has 0 saturated heterocycles. The van der Waals surface area contributed by atoms with E-state index in [2.05, 4.69) is 4.72 Å². The fourth-order valence-electron chi connectivity index (χ4n) is 1.40. The van der Waals surface area contributed by atoms with Crippen molar-refractivity contribution in [2.24, 2.45) is 0 Å². The maximum absolute atomic E-state index is 12.1. The Balaban J connectivity index is 3.10. The first-order chi connectivity index (χ1) is 8.44. The lowest BCUT2D eigenvalue weighted by atomic mass is 10.3. The molecule has 1 aromatic carbocycles. The van der Waals surface area contributed by atoms with Gasteiger partial charge < -0.3 is 9.47 Å². The summed E-state index contributed by atoms with van der Waals surface area (Å²) in [5.41, 5.74) is 0. The molecule has 1 aromatic rings. The van der Waals surface area contributed by atoms with Gasteiger partial charge in [-0.3, -0.25) is 0 Å². The van der Waals surface area contributed by atoms with Crippen LogP contribution in [0.25, 0.3) is 0 Å². The van der Waals surface area contributed by atoms with Crippen molar-refractivity contribution in [2.45, 2.75) is 31.2 Å². The third-order valence-corrected chi connectivity index (χ3v) is 4.22. The van der Waals surface area contributed by atoms with Gasteiger partial charge in [0.1, 0.15) is 0 Å². The van der Waals surface area contributed by atoms with Gasteiger partial charge in [0, 0.05) is 12.1 Å². The van der Waals surface area contributed by atoms with Crippen LogP contribution in [0.5, 0.6) is 11.5 Å². The number of hydrogen-bond donors (Lipinski definition) is 1. The number of rotatable bonds is 6. The van der Waals surface area contributed by atoms with Crippen LogP contribution in [0, 0.1) is 0 Å². The fraction of sp³-hybridized carbons (Fsp3) is 0.500. The van der Waals surface area contributed by atoms with Crippen LogP contribution in [0.4, 0.5) is 0 Å². The Morgan fingerprint density at radius 1 is 1.22 bits per heavy atom. The minimum absolute atomic E-state index is 0.108. The van der Waals surface area contributed by atoms with Crippen LogP contribution in [0.1, 0.15) is 20.3 Å². The van der Waals surface area contributed by atoms with Crippen molar-refractivity contribution in [2.75, 3.05) is 14.2 Å². The molecule has 0 aromatic heterocycles. The van der Waals surface area contributed by atoms with Gasteiger partial charge in [0.05, 0.1) is 19.1 Å². The highest BCUT2D eigenvalue weighted by atomic mass is 32.2. The minimum atomic E-state index is -3.51. The van der Waals surface area contributed by atoms with Crippen LogP contribution in [0.15, 0.2) is 23.1 Å². The lowest BCUT2D eigenvalue weighted by Crippen LogP contribution is -2.31. The van der Waals surface area contributed by atoms with E-state index in [1.807, 2.05) is 13.8 Å². The molecule has 1 rings (SSSR count). The van der Waals surface area contributed by atoms with E-state index in [0.29, 0.717) is 11.5 Å². The summed E-state index contributed by atoms with van der Waals surface area (Å²) in [6.45, 7) is 3.74. The smallest absolute Gasteiger partial charge is 0.240 e. The summed E-state index contributed by atoms with van der Waals surface area (Å²) >= 11 is 0. The van der Waals surface area contributed by atoms with Crippen LogP contribution < -0.4 is 14.2 Å². The minimum Gasteiger partial charge on any atom is -0.493 e. The molecule has 1 unspecified atom stereocenters. The molecule has 0 amide bonds. The molecule has 0 aliphatic heterocycles. The molecule has 1 atom stereocenters. The molecule has 18 heavy (non-hydrogen) atoms. The monoisotopic (exact) mass is 273 g/mol. The predicted molar refractivity (Wildman–Crippen MR) is 69.6 cm³/mol. The first-order valence-electron chi connectivity index (χ1n) is 5.69. The van der Waals surface area contributed by atoms with Crippen molar-refractivity contribution in [1.29, 1.82) is 0 Å². The van der Waals surface area contributed by atoms with Gasteiger partial charge in [-0.05, 0) is 25.5 Å². The first kappa shape index (κ1) is 14.8. The average Bonchev–Trinajstić information content (AvgIpc) is 2.37. The van der Waals surface area contributed by atoms with Gasteiger partial charge in [-0.15, -0.1) is 0 Å². The molecule has 0 bridgehead atoms. The summed E-state index contributed by atoms with van der Waals surface area (Å²) in [5, 5.41) is 0. The van der Waals surface area contributed by atoms with E-state index in [9.17, 15) is 8.42 Å². The molecule has 0 aliphatic carbocycles. The molecule has 0 aliphatic rings. The number of hydrogen-bond acceptors (Lipinski definition) is 4. The molecule has 6 heteroatoms. The summed E-state index contributed by atoms with van der Waals surface area (Å²) in [6, 6.07) is 4.41. The van der Waals surface area contributed by atoms with Crippen LogP contribution >= 0.6 is 0 Å². The SMILES string of the molecule is CCC(C)NS(=O)(=O)c1ccc(OC)c(OC)c1. The van der Waals surface area contributed by atoms with Gasteiger partial charge in [-0.25, -0.2) is 13.1 Å². The maximum atomic E-state index is 12.1. The van der Waals surface area contributed by atoms with Crippen molar-refractivity contribution in [3.8, 4) is 11.5 Å². The topological polar surface area (TPSA) is 64.6 Å². The quantitative estimate of drug-likeness (QED) is 0.858. The van der Waals surface area contributed by atoms with E-state index >= 15 is 0 Å².